The Morgan fingerprint density at radius 2 is 1.97 bits per heavy atom. The van der Waals surface area contributed by atoms with Crippen LogP contribution in [0.2, 0.25) is 0 Å². The van der Waals surface area contributed by atoms with Crippen LogP contribution in [0.15, 0.2) is 53.1 Å². The Bertz CT molecular complexity index is 1450. The third kappa shape index (κ3) is 4.96. The van der Waals surface area contributed by atoms with Gasteiger partial charge in [-0.15, -0.1) is 0 Å². The molecule has 0 radical (unpaired) electrons. The minimum absolute atomic E-state index is 0.0191. The summed E-state index contributed by atoms with van der Waals surface area (Å²) in [4.78, 5) is 17.0. The molecule has 1 aromatic heterocycles. The number of sulfone groups is 1. The number of amides is 1. The predicted octanol–water partition coefficient (Wildman–Crippen LogP) is 2.15. The fraction of sp³-hybridized carbons (Fsp3) is 0.240. The van der Waals surface area contributed by atoms with E-state index in [9.17, 15) is 13.2 Å². The second-order valence-corrected chi connectivity index (χ2v) is 10.2. The van der Waals surface area contributed by atoms with Crippen LogP contribution in [-0.2, 0) is 14.6 Å². The first kappa shape index (κ1) is 24.1. The van der Waals surface area contributed by atoms with Crippen LogP contribution in [0.5, 0.6) is 5.75 Å². The van der Waals surface area contributed by atoms with Crippen molar-refractivity contribution in [2.45, 2.75) is 18.7 Å². The molecule has 0 spiro atoms. The fourth-order valence-electron chi connectivity index (χ4n) is 3.44. The van der Waals surface area contributed by atoms with Crippen molar-refractivity contribution in [3.8, 4) is 16.9 Å². The number of nitrogens with zero attached hydrogens (tertiary/aromatic N) is 1. The molecule has 8 heteroatoms. The Morgan fingerprint density at radius 1 is 1.24 bits per heavy atom. The van der Waals surface area contributed by atoms with Gasteiger partial charge < -0.3 is 20.4 Å². The van der Waals surface area contributed by atoms with Crippen molar-refractivity contribution in [3.63, 3.8) is 0 Å². The second kappa shape index (κ2) is 9.54. The van der Waals surface area contributed by atoms with Crippen molar-refractivity contribution in [1.29, 1.82) is 0 Å². The summed E-state index contributed by atoms with van der Waals surface area (Å²) in [5, 5.41) is 2.27. The second-order valence-electron chi connectivity index (χ2n) is 7.94. The highest BCUT2D eigenvalue weighted by Gasteiger charge is 2.17. The summed E-state index contributed by atoms with van der Waals surface area (Å²) < 4.78 is 30.8. The van der Waals surface area contributed by atoms with E-state index in [2.05, 4.69) is 11.6 Å². The lowest BCUT2D eigenvalue weighted by Crippen LogP contribution is -2.27. The topological polar surface area (TPSA) is 105 Å². The summed E-state index contributed by atoms with van der Waals surface area (Å²) in [5.74, 6) is 0.352. The number of allylic oxidation sites excluding steroid dienone is 1. The molecule has 0 bridgehead atoms. The molecule has 0 aliphatic carbocycles. The number of hydrogen-bond acceptors (Lipinski definition) is 5. The highest BCUT2D eigenvalue weighted by molar-refractivity contribution is 7.91. The summed E-state index contributed by atoms with van der Waals surface area (Å²) in [6.45, 7) is 7.52. The number of nitrogens with one attached hydrogen (secondary N) is 1. The van der Waals surface area contributed by atoms with Gasteiger partial charge in [0.05, 0.1) is 16.2 Å². The van der Waals surface area contributed by atoms with E-state index >= 15 is 0 Å². The van der Waals surface area contributed by atoms with Crippen LogP contribution in [0.4, 0.5) is 0 Å². The molecule has 0 saturated heterocycles. The van der Waals surface area contributed by atoms with E-state index in [4.69, 9.17) is 10.5 Å². The maximum absolute atomic E-state index is 12.5. The largest absolute Gasteiger partial charge is 0.482 e. The summed E-state index contributed by atoms with van der Waals surface area (Å²) in [5.41, 5.74) is 8.76. The first-order valence-electron chi connectivity index (χ1n) is 10.5. The molecule has 0 saturated carbocycles. The standard InChI is InChI=1S/C25H29N3O4S/c1-6-33(30,31)19-9-7-8-18(13-19)20-10-11-22(32-15-23(29)28(4)5)25-24(20)21(17(3)27-25)12-16(2)14-26/h7-14,27H,3,6,15,26H2,1-2,4-5H3/b16-14-,21-12+. The zero-order chi connectivity index (χ0) is 24.3. The van der Waals surface area contributed by atoms with Gasteiger partial charge in [-0.25, -0.2) is 8.42 Å². The van der Waals surface area contributed by atoms with Gasteiger partial charge in [-0.1, -0.05) is 25.6 Å². The van der Waals surface area contributed by atoms with Gasteiger partial charge in [0.1, 0.15) is 5.75 Å². The van der Waals surface area contributed by atoms with Gasteiger partial charge in [0.25, 0.3) is 5.91 Å². The van der Waals surface area contributed by atoms with Crippen LogP contribution in [0.1, 0.15) is 13.8 Å². The number of H-pyrrole nitrogens is 1. The van der Waals surface area contributed by atoms with E-state index in [1.807, 2.05) is 25.1 Å². The van der Waals surface area contributed by atoms with E-state index in [0.29, 0.717) is 16.6 Å². The van der Waals surface area contributed by atoms with Gasteiger partial charge in [-0.3, -0.25) is 4.79 Å². The molecule has 1 amide bonds. The van der Waals surface area contributed by atoms with Crippen molar-refractivity contribution in [2.75, 3.05) is 26.5 Å². The maximum atomic E-state index is 12.5. The van der Waals surface area contributed by atoms with Crippen LogP contribution in [-0.4, -0.2) is 50.7 Å². The van der Waals surface area contributed by atoms with Crippen molar-refractivity contribution in [2.24, 2.45) is 5.73 Å². The third-order valence-corrected chi connectivity index (χ3v) is 7.14. The number of carbonyl (C=O) groups excluding carboxylic acids is 1. The minimum atomic E-state index is -3.36. The number of likely N-dealkylation sites (N-methyl/N-ethyl adjacent to an activating group) is 1. The number of ether oxygens (including phenoxy) is 1. The normalized spacial score (nSPS) is 12.8. The molecular weight excluding hydrogens is 438 g/mol. The molecule has 0 fully saturated rings. The molecule has 7 nitrogen and oxygen atoms in total. The predicted molar refractivity (Wildman–Crippen MR) is 133 cm³/mol. The highest BCUT2D eigenvalue weighted by Crippen LogP contribution is 2.32. The van der Waals surface area contributed by atoms with Crippen LogP contribution < -0.4 is 21.0 Å². The maximum Gasteiger partial charge on any atom is 0.259 e. The van der Waals surface area contributed by atoms with Gasteiger partial charge >= 0.3 is 0 Å². The lowest BCUT2D eigenvalue weighted by atomic mass is 9.99. The number of aromatic nitrogens is 1. The molecule has 0 aliphatic heterocycles. The average Bonchev–Trinajstić information content (AvgIpc) is 3.13. The Labute approximate surface area is 193 Å². The quantitative estimate of drug-likeness (QED) is 0.554. The molecule has 0 atom stereocenters. The van der Waals surface area contributed by atoms with Gasteiger partial charge in [0.15, 0.2) is 16.4 Å². The smallest absolute Gasteiger partial charge is 0.259 e. The van der Waals surface area contributed by atoms with Gasteiger partial charge in [-0.05, 0) is 60.2 Å². The minimum Gasteiger partial charge on any atom is -0.482 e. The lowest BCUT2D eigenvalue weighted by molar-refractivity contribution is -0.130. The molecule has 33 heavy (non-hydrogen) atoms. The Balaban J connectivity index is 2.30. The Kier molecular flexibility index (Phi) is 6.98. The molecule has 0 unspecified atom stereocenters. The summed E-state index contributed by atoms with van der Waals surface area (Å²) in [6, 6.07) is 10.5. The molecule has 3 rings (SSSR count). The molecular formula is C25H29N3O4S. The first-order chi connectivity index (χ1) is 15.6. The number of nitrogens with two attached hydrogens (primary N) is 1. The van der Waals surface area contributed by atoms with E-state index in [-0.39, 0.29) is 23.2 Å². The number of aromatic amines is 1. The monoisotopic (exact) mass is 467 g/mol. The molecule has 3 aromatic rings. The van der Waals surface area contributed by atoms with E-state index in [0.717, 1.165) is 27.3 Å². The van der Waals surface area contributed by atoms with Crippen LogP contribution in [0, 0.1) is 0 Å². The van der Waals surface area contributed by atoms with Gasteiger partial charge in [0.2, 0.25) is 0 Å². The Morgan fingerprint density at radius 3 is 2.61 bits per heavy atom. The lowest BCUT2D eigenvalue weighted by Gasteiger charge is -2.13. The Hall–Kier alpha value is -3.52. The van der Waals surface area contributed by atoms with Crippen molar-refractivity contribution in [3.05, 3.63) is 58.7 Å². The van der Waals surface area contributed by atoms with E-state index < -0.39 is 9.84 Å². The van der Waals surface area contributed by atoms with Crippen LogP contribution in [0.25, 0.3) is 34.7 Å². The molecule has 174 valence electrons. The number of hydrogen-bond donors (Lipinski definition) is 2. The molecule has 3 N–H and O–H groups in total. The fourth-order valence-corrected chi connectivity index (χ4v) is 4.37. The van der Waals surface area contributed by atoms with Crippen molar-refractivity contribution < 1.29 is 17.9 Å². The van der Waals surface area contributed by atoms with Gasteiger partial charge in [-0.2, -0.15) is 0 Å². The van der Waals surface area contributed by atoms with Crippen molar-refractivity contribution >= 4 is 39.3 Å². The van der Waals surface area contributed by atoms with Crippen LogP contribution >= 0.6 is 0 Å². The van der Waals surface area contributed by atoms with Crippen molar-refractivity contribution in [1.82, 2.24) is 9.88 Å². The average molecular weight is 468 g/mol. The number of fused-ring (bicyclic) bond motifs is 1. The first-order valence-corrected chi connectivity index (χ1v) is 12.1. The number of rotatable bonds is 7. The summed E-state index contributed by atoms with van der Waals surface area (Å²) in [6.07, 6.45) is 3.41. The summed E-state index contributed by atoms with van der Waals surface area (Å²) >= 11 is 0. The molecule has 0 aliphatic rings. The van der Waals surface area contributed by atoms with Crippen LogP contribution in [0.3, 0.4) is 0 Å². The third-order valence-electron chi connectivity index (χ3n) is 5.41. The highest BCUT2D eigenvalue weighted by atomic mass is 32.2. The zero-order valence-corrected chi connectivity index (χ0v) is 20.1. The SMILES string of the molecule is C=c1[nH]c2c(OCC(=O)N(C)C)ccc(-c3cccc(S(=O)(=O)CC)c3)c2/c1=C/C(C)=C\N. The number of carbonyl (C=O) groups is 1. The number of benzene rings is 2. The molecule has 2 aromatic carbocycles. The van der Waals surface area contributed by atoms with E-state index in [1.165, 1.54) is 11.1 Å². The zero-order valence-electron chi connectivity index (χ0n) is 19.3. The molecule has 1 heterocycles. The van der Waals surface area contributed by atoms with E-state index in [1.54, 1.807) is 45.3 Å². The van der Waals surface area contributed by atoms with Gasteiger partial charge in [0, 0.05) is 30.0 Å². The summed E-state index contributed by atoms with van der Waals surface area (Å²) in [7, 11) is -0.0326.